The Kier molecular flexibility index (Phi) is 9.60. The SMILES string of the molecule is C=C/C(=C\N(C)C)c1cccc(-c2nc(C)c(C3=NN=C(C)C3)cc2C)c1.CCC(O)C(C)(F)F. The largest absolute Gasteiger partial charge is 0.387 e. The van der Waals surface area contributed by atoms with Gasteiger partial charge >= 0.3 is 0 Å². The number of aliphatic hydroxyl groups is 1. The Morgan fingerprint density at radius 1 is 1.20 bits per heavy atom. The molecule has 35 heavy (non-hydrogen) atoms. The van der Waals surface area contributed by atoms with Gasteiger partial charge in [0, 0.05) is 56.2 Å². The third-order valence-electron chi connectivity index (χ3n) is 5.54. The van der Waals surface area contributed by atoms with E-state index in [9.17, 15) is 8.78 Å². The van der Waals surface area contributed by atoms with E-state index in [0.29, 0.717) is 6.92 Å². The Labute approximate surface area is 207 Å². The minimum absolute atomic E-state index is 0.101. The summed E-state index contributed by atoms with van der Waals surface area (Å²) in [5.74, 6) is -2.94. The van der Waals surface area contributed by atoms with Crippen LogP contribution in [0.2, 0.25) is 0 Å². The van der Waals surface area contributed by atoms with E-state index in [4.69, 9.17) is 10.1 Å². The summed E-state index contributed by atoms with van der Waals surface area (Å²) < 4.78 is 23.7. The number of aryl methyl sites for hydroxylation is 2. The van der Waals surface area contributed by atoms with E-state index in [1.54, 1.807) is 0 Å². The van der Waals surface area contributed by atoms with Crippen LogP contribution in [0.1, 0.15) is 56.0 Å². The van der Waals surface area contributed by atoms with Gasteiger partial charge in [0.15, 0.2) is 0 Å². The molecule has 0 amide bonds. The van der Waals surface area contributed by atoms with Crippen LogP contribution in [-0.4, -0.2) is 52.5 Å². The fraction of sp³-hybridized carbons (Fsp3) is 0.393. The second kappa shape index (κ2) is 12.0. The predicted molar refractivity (Wildman–Crippen MR) is 142 cm³/mol. The topological polar surface area (TPSA) is 61.1 Å². The van der Waals surface area contributed by atoms with Crippen LogP contribution in [-0.2, 0) is 0 Å². The molecule has 1 aromatic carbocycles. The molecule has 5 nitrogen and oxygen atoms in total. The highest BCUT2D eigenvalue weighted by Crippen LogP contribution is 2.28. The van der Waals surface area contributed by atoms with E-state index in [1.165, 1.54) is 6.92 Å². The molecular weight excluding hydrogens is 446 g/mol. The van der Waals surface area contributed by atoms with Gasteiger partial charge in [-0.05, 0) is 56.0 Å². The zero-order valence-corrected chi connectivity index (χ0v) is 21.7. The number of aliphatic hydroxyl groups excluding tert-OH is 1. The van der Waals surface area contributed by atoms with Gasteiger partial charge in [-0.25, -0.2) is 8.78 Å². The molecule has 0 saturated heterocycles. The highest BCUT2D eigenvalue weighted by molar-refractivity contribution is 6.15. The third kappa shape index (κ3) is 7.65. The van der Waals surface area contributed by atoms with Crippen molar-refractivity contribution in [2.45, 2.75) is 59.5 Å². The Hall–Kier alpha value is -3.19. The number of nitrogens with zero attached hydrogens (tertiary/aromatic N) is 4. The van der Waals surface area contributed by atoms with Crippen LogP contribution in [0.3, 0.4) is 0 Å². The lowest BCUT2D eigenvalue weighted by molar-refractivity contribution is -0.0937. The maximum Gasteiger partial charge on any atom is 0.270 e. The van der Waals surface area contributed by atoms with E-state index in [0.717, 1.165) is 57.1 Å². The summed E-state index contributed by atoms with van der Waals surface area (Å²) in [6, 6.07) is 10.6. The Morgan fingerprint density at radius 3 is 2.37 bits per heavy atom. The smallest absolute Gasteiger partial charge is 0.270 e. The first-order valence-electron chi connectivity index (χ1n) is 11.6. The maximum absolute atomic E-state index is 11.9. The monoisotopic (exact) mass is 482 g/mol. The van der Waals surface area contributed by atoms with Gasteiger partial charge in [0.05, 0.1) is 11.4 Å². The zero-order valence-electron chi connectivity index (χ0n) is 21.7. The molecule has 0 aliphatic carbocycles. The average Bonchev–Trinajstić information content (AvgIpc) is 3.23. The zero-order chi connectivity index (χ0) is 26.3. The Balaban J connectivity index is 0.000000466. The Bertz CT molecular complexity index is 1140. The number of benzene rings is 1. The van der Waals surface area contributed by atoms with Crippen LogP contribution in [0, 0.1) is 13.8 Å². The van der Waals surface area contributed by atoms with Gasteiger partial charge in [-0.2, -0.15) is 10.2 Å². The van der Waals surface area contributed by atoms with Gasteiger partial charge < -0.3 is 10.0 Å². The summed E-state index contributed by atoms with van der Waals surface area (Å²) in [5, 5.41) is 16.9. The molecule has 1 aliphatic rings. The predicted octanol–water partition coefficient (Wildman–Crippen LogP) is 6.44. The van der Waals surface area contributed by atoms with Crippen LogP contribution >= 0.6 is 0 Å². The van der Waals surface area contributed by atoms with Crippen LogP contribution in [0.4, 0.5) is 8.78 Å². The molecule has 0 saturated carbocycles. The van der Waals surface area contributed by atoms with Crippen molar-refractivity contribution in [3.8, 4) is 11.3 Å². The van der Waals surface area contributed by atoms with Crippen molar-refractivity contribution in [2.24, 2.45) is 10.2 Å². The lowest BCUT2D eigenvalue weighted by Crippen LogP contribution is -2.28. The fourth-order valence-electron chi connectivity index (χ4n) is 3.63. The molecule has 0 radical (unpaired) electrons. The first-order valence-corrected chi connectivity index (χ1v) is 11.6. The van der Waals surface area contributed by atoms with Gasteiger partial charge in [-0.3, -0.25) is 4.98 Å². The van der Waals surface area contributed by atoms with E-state index >= 15 is 0 Å². The second-order valence-corrected chi connectivity index (χ2v) is 9.06. The summed E-state index contributed by atoms with van der Waals surface area (Å²) in [7, 11) is 4.02. The molecule has 1 atom stereocenters. The molecule has 3 rings (SSSR count). The normalized spacial score (nSPS) is 14.5. The third-order valence-corrected chi connectivity index (χ3v) is 5.54. The first-order chi connectivity index (χ1) is 16.4. The van der Waals surface area contributed by atoms with Crippen molar-refractivity contribution in [3.05, 3.63) is 71.6 Å². The number of hydrogen-bond donors (Lipinski definition) is 1. The molecule has 0 fully saturated rings. The molecule has 7 heteroatoms. The van der Waals surface area contributed by atoms with Gasteiger partial charge in [-0.1, -0.05) is 37.8 Å². The van der Waals surface area contributed by atoms with Crippen LogP contribution in [0.5, 0.6) is 0 Å². The van der Waals surface area contributed by atoms with Crippen LogP contribution in [0.25, 0.3) is 16.8 Å². The number of rotatable bonds is 7. The van der Waals surface area contributed by atoms with Crippen molar-refractivity contribution >= 4 is 17.0 Å². The van der Waals surface area contributed by atoms with Crippen molar-refractivity contribution in [1.29, 1.82) is 0 Å². The second-order valence-electron chi connectivity index (χ2n) is 9.06. The molecule has 0 spiro atoms. The molecule has 0 bridgehead atoms. The molecule has 2 heterocycles. The van der Waals surface area contributed by atoms with E-state index in [-0.39, 0.29) is 6.42 Å². The average molecular weight is 483 g/mol. The van der Waals surface area contributed by atoms with Gasteiger partial charge in [0.1, 0.15) is 6.10 Å². The first kappa shape index (κ1) is 28.1. The molecule has 1 unspecified atom stereocenters. The van der Waals surface area contributed by atoms with E-state index < -0.39 is 12.0 Å². The Morgan fingerprint density at radius 2 is 1.89 bits per heavy atom. The highest BCUT2D eigenvalue weighted by atomic mass is 19.3. The summed E-state index contributed by atoms with van der Waals surface area (Å²) in [6.07, 6.45) is 3.37. The minimum atomic E-state index is -2.94. The number of hydrogen-bond acceptors (Lipinski definition) is 5. The van der Waals surface area contributed by atoms with Gasteiger partial charge in [-0.15, -0.1) is 0 Å². The summed E-state index contributed by atoms with van der Waals surface area (Å²) in [5.41, 5.74) is 9.58. The highest BCUT2D eigenvalue weighted by Gasteiger charge is 2.30. The molecule has 188 valence electrons. The van der Waals surface area contributed by atoms with E-state index in [2.05, 4.69) is 60.2 Å². The number of aromatic nitrogens is 1. The van der Waals surface area contributed by atoms with Crippen molar-refractivity contribution in [1.82, 2.24) is 9.88 Å². The number of halogens is 2. The molecule has 1 aromatic heterocycles. The van der Waals surface area contributed by atoms with Gasteiger partial charge in [0.2, 0.25) is 0 Å². The number of pyridine rings is 1. The molecular formula is C28H36F2N4O. The summed E-state index contributed by atoms with van der Waals surface area (Å²) >= 11 is 0. The van der Waals surface area contributed by atoms with E-state index in [1.807, 2.05) is 38.9 Å². The molecule has 1 aliphatic heterocycles. The van der Waals surface area contributed by atoms with Crippen LogP contribution in [0.15, 0.2) is 59.4 Å². The van der Waals surface area contributed by atoms with Crippen LogP contribution < -0.4 is 0 Å². The lowest BCUT2D eigenvalue weighted by Gasteiger charge is -2.14. The van der Waals surface area contributed by atoms with Gasteiger partial charge in [0.25, 0.3) is 5.92 Å². The maximum atomic E-state index is 11.9. The molecule has 2 aromatic rings. The van der Waals surface area contributed by atoms with Crippen molar-refractivity contribution in [3.63, 3.8) is 0 Å². The van der Waals surface area contributed by atoms with Crippen molar-refractivity contribution in [2.75, 3.05) is 14.1 Å². The summed E-state index contributed by atoms with van der Waals surface area (Å²) in [4.78, 5) is 6.94. The quantitative estimate of drug-likeness (QED) is 0.462. The summed E-state index contributed by atoms with van der Waals surface area (Å²) in [6.45, 7) is 12.3. The number of alkyl halides is 2. The number of allylic oxidation sites excluding steroid dienone is 2. The minimum Gasteiger partial charge on any atom is -0.387 e. The fourth-order valence-corrected chi connectivity index (χ4v) is 3.63. The van der Waals surface area contributed by atoms with Crippen molar-refractivity contribution < 1.29 is 13.9 Å². The standard InChI is InChI=1S/C23H26N4.C5H10F2O/c1-7-18(14-27(5)6)19-9-8-10-20(13-19)23-15(2)11-21(17(4)24-23)22-12-16(3)25-26-22;1-3-4(8)5(2,6)7/h7-11,13-14H,1,12H2,2-6H3;4,8H,3H2,1-2H3/b18-14+;. The lowest BCUT2D eigenvalue weighted by atomic mass is 9.97. The molecule has 1 N–H and O–H groups in total.